The Morgan fingerprint density at radius 1 is 1.29 bits per heavy atom. The van der Waals surface area contributed by atoms with Gasteiger partial charge in [-0.25, -0.2) is 4.98 Å². The topological polar surface area (TPSA) is 45.8 Å². The SMILES string of the molecule is O=c1[nH]c(CCl)nc2sc3c(c12)-c1ccccc1CCC3. The Morgan fingerprint density at radius 3 is 3.00 bits per heavy atom. The van der Waals surface area contributed by atoms with Gasteiger partial charge in [-0.1, -0.05) is 24.3 Å². The van der Waals surface area contributed by atoms with Gasteiger partial charge in [-0.3, -0.25) is 4.79 Å². The number of hydrogen-bond acceptors (Lipinski definition) is 3. The minimum atomic E-state index is -0.0788. The lowest BCUT2D eigenvalue weighted by molar-refractivity contribution is 0.844. The molecule has 1 aliphatic carbocycles. The third-order valence-corrected chi connectivity index (χ3v) is 5.34. The number of nitrogens with one attached hydrogen (secondary N) is 1. The van der Waals surface area contributed by atoms with Gasteiger partial charge in [0.2, 0.25) is 0 Å². The second kappa shape index (κ2) is 4.97. The Hall–Kier alpha value is -1.65. The number of aromatic nitrogens is 2. The number of nitrogens with zero attached hydrogens (tertiary/aromatic N) is 1. The number of benzene rings is 1. The maximum Gasteiger partial charge on any atom is 0.260 e. The molecule has 3 nitrogen and oxygen atoms in total. The van der Waals surface area contributed by atoms with E-state index >= 15 is 0 Å². The van der Waals surface area contributed by atoms with Crippen molar-refractivity contribution in [2.45, 2.75) is 25.1 Å². The number of fused-ring (bicyclic) bond motifs is 5. The summed E-state index contributed by atoms with van der Waals surface area (Å²) in [6.45, 7) is 0. The summed E-state index contributed by atoms with van der Waals surface area (Å²) >= 11 is 7.44. The summed E-state index contributed by atoms with van der Waals surface area (Å²) in [5, 5.41) is 0.721. The predicted octanol–water partition coefficient (Wildman–Crippen LogP) is 3.88. The molecular weight excluding hydrogens is 304 g/mol. The van der Waals surface area contributed by atoms with Gasteiger partial charge in [-0.05, 0) is 30.4 Å². The Balaban J connectivity index is 2.12. The summed E-state index contributed by atoms with van der Waals surface area (Å²) in [5.41, 5.74) is 3.50. The van der Waals surface area contributed by atoms with Gasteiger partial charge in [-0.15, -0.1) is 22.9 Å². The van der Waals surface area contributed by atoms with Gasteiger partial charge in [0.25, 0.3) is 5.56 Å². The average molecular weight is 317 g/mol. The van der Waals surface area contributed by atoms with E-state index in [-0.39, 0.29) is 11.4 Å². The molecule has 1 aliphatic rings. The average Bonchev–Trinajstić information content (AvgIpc) is 2.77. The Kier molecular flexibility index (Phi) is 3.08. The molecule has 0 atom stereocenters. The van der Waals surface area contributed by atoms with Crippen molar-refractivity contribution in [1.82, 2.24) is 9.97 Å². The van der Waals surface area contributed by atoms with E-state index in [1.54, 1.807) is 11.3 Å². The standard InChI is InChI=1S/C16H13ClN2OS/c17-8-12-18-15(20)14-13-10-6-2-1-4-9(10)5-3-7-11(13)21-16(14)19-12/h1-2,4,6H,3,5,7-8H2,(H,18,19,20). The number of H-pyrrole nitrogens is 1. The van der Waals surface area contributed by atoms with E-state index < -0.39 is 0 Å². The van der Waals surface area contributed by atoms with Crippen LogP contribution in [0.25, 0.3) is 21.3 Å². The second-order valence-electron chi connectivity index (χ2n) is 5.24. The summed E-state index contributed by atoms with van der Waals surface area (Å²) < 4.78 is 0. The highest BCUT2D eigenvalue weighted by molar-refractivity contribution is 7.19. The molecule has 0 spiro atoms. The number of rotatable bonds is 1. The number of hydrogen-bond donors (Lipinski definition) is 1. The molecule has 21 heavy (non-hydrogen) atoms. The van der Waals surface area contributed by atoms with Gasteiger partial charge in [-0.2, -0.15) is 0 Å². The lowest BCUT2D eigenvalue weighted by Gasteiger charge is -2.06. The van der Waals surface area contributed by atoms with E-state index in [9.17, 15) is 4.79 Å². The Morgan fingerprint density at radius 2 is 2.14 bits per heavy atom. The van der Waals surface area contributed by atoms with Crippen LogP contribution in [0.3, 0.4) is 0 Å². The zero-order valence-corrected chi connectivity index (χ0v) is 12.9. The van der Waals surface area contributed by atoms with E-state index in [0.29, 0.717) is 5.82 Å². The Bertz CT molecular complexity index is 897. The molecule has 2 heterocycles. The van der Waals surface area contributed by atoms with E-state index in [1.807, 2.05) is 6.07 Å². The monoisotopic (exact) mass is 316 g/mol. The van der Waals surface area contributed by atoms with Crippen molar-refractivity contribution in [3.8, 4) is 11.1 Å². The number of halogens is 1. The van der Waals surface area contributed by atoms with Crippen LogP contribution in [0.1, 0.15) is 22.7 Å². The first-order chi connectivity index (χ1) is 10.3. The minimum Gasteiger partial charge on any atom is -0.309 e. The fourth-order valence-electron chi connectivity index (χ4n) is 3.04. The van der Waals surface area contributed by atoms with Crippen LogP contribution in [0, 0.1) is 0 Å². The molecule has 1 aromatic carbocycles. The van der Waals surface area contributed by atoms with Crippen molar-refractivity contribution in [1.29, 1.82) is 0 Å². The summed E-state index contributed by atoms with van der Waals surface area (Å²) in [6, 6.07) is 8.36. The maximum absolute atomic E-state index is 12.5. The molecule has 0 unspecified atom stereocenters. The molecule has 0 fully saturated rings. The fourth-order valence-corrected chi connectivity index (χ4v) is 4.42. The van der Waals surface area contributed by atoms with Gasteiger partial charge in [0, 0.05) is 10.4 Å². The highest BCUT2D eigenvalue weighted by atomic mass is 35.5. The summed E-state index contributed by atoms with van der Waals surface area (Å²) in [6.07, 6.45) is 3.17. The predicted molar refractivity (Wildman–Crippen MR) is 87.3 cm³/mol. The molecule has 3 aromatic rings. The molecule has 0 saturated heterocycles. The van der Waals surface area contributed by atoms with Crippen LogP contribution in [-0.4, -0.2) is 9.97 Å². The lowest BCUT2D eigenvalue weighted by Crippen LogP contribution is -2.10. The molecule has 5 heteroatoms. The van der Waals surface area contributed by atoms with Crippen LogP contribution < -0.4 is 5.56 Å². The number of aromatic amines is 1. The molecule has 2 aromatic heterocycles. The third kappa shape index (κ3) is 2.01. The smallest absolute Gasteiger partial charge is 0.260 e. The van der Waals surface area contributed by atoms with E-state index in [2.05, 4.69) is 28.2 Å². The van der Waals surface area contributed by atoms with E-state index in [1.165, 1.54) is 16.0 Å². The molecule has 0 amide bonds. The van der Waals surface area contributed by atoms with Crippen LogP contribution >= 0.6 is 22.9 Å². The zero-order chi connectivity index (χ0) is 14.4. The largest absolute Gasteiger partial charge is 0.309 e. The summed E-state index contributed by atoms with van der Waals surface area (Å²) in [4.78, 5) is 21.8. The van der Waals surface area contributed by atoms with E-state index in [4.69, 9.17) is 11.6 Å². The Labute approximate surface area is 130 Å². The fraction of sp³-hybridized carbons (Fsp3) is 0.250. The molecule has 106 valence electrons. The highest BCUT2D eigenvalue weighted by Gasteiger charge is 2.22. The third-order valence-electron chi connectivity index (χ3n) is 3.95. The molecule has 0 saturated carbocycles. The van der Waals surface area contributed by atoms with Crippen LogP contribution in [-0.2, 0) is 18.7 Å². The van der Waals surface area contributed by atoms with Crippen molar-refractivity contribution in [3.05, 3.63) is 50.9 Å². The maximum atomic E-state index is 12.5. The van der Waals surface area contributed by atoms with Crippen LogP contribution in [0.4, 0.5) is 0 Å². The van der Waals surface area contributed by atoms with Crippen LogP contribution in [0.2, 0.25) is 0 Å². The molecule has 0 bridgehead atoms. The van der Waals surface area contributed by atoms with Crippen LogP contribution in [0.5, 0.6) is 0 Å². The van der Waals surface area contributed by atoms with E-state index in [0.717, 1.165) is 35.0 Å². The first kappa shape index (κ1) is 13.0. The molecule has 0 aliphatic heterocycles. The van der Waals surface area contributed by atoms with Crippen LogP contribution in [0.15, 0.2) is 29.1 Å². The summed E-state index contributed by atoms with van der Waals surface area (Å²) in [7, 11) is 0. The lowest BCUT2D eigenvalue weighted by atomic mass is 9.98. The number of aryl methyl sites for hydroxylation is 2. The van der Waals surface area contributed by atoms with Crippen molar-refractivity contribution in [2.24, 2.45) is 0 Å². The van der Waals surface area contributed by atoms with Gasteiger partial charge in [0.05, 0.1) is 11.3 Å². The van der Waals surface area contributed by atoms with Crippen molar-refractivity contribution < 1.29 is 0 Å². The molecular formula is C16H13ClN2OS. The summed E-state index contributed by atoms with van der Waals surface area (Å²) in [5.74, 6) is 0.767. The zero-order valence-electron chi connectivity index (χ0n) is 11.3. The van der Waals surface area contributed by atoms with Crippen molar-refractivity contribution in [3.63, 3.8) is 0 Å². The van der Waals surface area contributed by atoms with Gasteiger partial charge in [0.1, 0.15) is 10.7 Å². The highest BCUT2D eigenvalue weighted by Crippen LogP contribution is 2.40. The second-order valence-corrected chi connectivity index (χ2v) is 6.59. The molecule has 4 rings (SSSR count). The van der Waals surface area contributed by atoms with Gasteiger partial charge >= 0.3 is 0 Å². The van der Waals surface area contributed by atoms with Gasteiger partial charge < -0.3 is 4.98 Å². The normalized spacial score (nSPS) is 13.8. The van der Waals surface area contributed by atoms with Crippen molar-refractivity contribution >= 4 is 33.2 Å². The number of thiophene rings is 1. The quantitative estimate of drug-likeness (QED) is 0.692. The van der Waals surface area contributed by atoms with Crippen molar-refractivity contribution in [2.75, 3.05) is 0 Å². The first-order valence-corrected chi connectivity index (χ1v) is 8.32. The molecule has 0 radical (unpaired) electrons. The minimum absolute atomic E-state index is 0.0788. The molecule has 1 N–H and O–H groups in total. The van der Waals surface area contributed by atoms with Gasteiger partial charge in [0.15, 0.2) is 0 Å². The first-order valence-electron chi connectivity index (χ1n) is 6.96. The number of alkyl halides is 1.